The van der Waals surface area contributed by atoms with Crippen LogP contribution in [0.15, 0.2) is 55.1 Å². The standard InChI is InChI=1S/C23H24N6O4/c1-14(21(31)27-12-16-7-4-6-15-5-2-3-8-17(15)16)28-22(32)18(11-20(24)30)29-23(33)19-13-25-9-10-26-19/h2,4-7,9-10,13,18H,1,3,8,11-12H2,(H2,24,30)(H,27,31)(H,28,32)(H,29,33)/t18-/m0/s1. The Bertz CT molecular complexity index is 1110. The van der Waals surface area contributed by atoms with Crippen molar-refractivity contribution in [2.75, 3.05) is 0 Å². The summed E-state index contributed by atoms with van der Waals surface area (Å²) in [6.07, 6.45) is 9.40. The molecular formula is C23H24N6O4. The number of primary amides is 1. The van der Waals surface area contributed by atoms with Gasteiger partial charge in [0, 0.05) is 18.9 Å². The Hall–Kier alpha value is -4.34. The van der Waals surface area contributed by atoms with E-state index in [1.165, 1.54) is 24.2 Å². The van der Waals surface area contributed by atoms with Crippen molar-refractivity contribution in [3.05, 3.63) is 77.5 Å². The van der Waals surface area contributed by atoms with E-state index in [-0.39, 0.29) is 17.9 Å². The van der Waals surface area contributed by atoms with Gasteiger partial charge in [0.2, 0.25) is 11.8 Å². The van der Waals surface area contributed by atoms with Crippen LogP contribution >= 0.6 is 0 Å². The van der Waals surface area contributed by atoms with Gasteiger partial charge in [0.05, 0.1) is 18.3 Å². The van der Waals surface area contributed by atoms with Crippen LogP contribution in [0.4, 0.5) is 0 Å². The van der Waals surface area contributed by atoms with Crippen molar-refractivity contribution in [3.8, 4) is 0 Å². The molecule has 4 amide bonds. The maximum Gasteiger partial charge on any atom is 0.272 e. The molecular weight excluding hydrogens is 424 g/mol. The summed E-state index contributed by atoms with van der Waals surface area (Å²) in [5, 5.41) is 7.42. The smallest absolute Gasteiger partial charge is 0.272 e. The summed E-state index contributed by atoms with van der Waals surface area (Å²) in [5.74, 6) is -2.94. The van der Waals surface area contributed by atoms with E-state index in [0.717, 1.165) is 24.0 Å². The van der Waals surface area contributed by atoms with Crippen molar-refractivity contribution >= 4 is 29.7 Å². The molecule has 1 atom stereocenters. The van der Waals surface area contributed by atoms with Gasteiger partial charge in [0.25, 0.3) is 11.8 Å². The lowest BCUT2D eigenvalue weighted by Gasteiger charge is -2.18. The zero-order chi connectivity index (χ0) is 23.8. The summed E-state index contributed by atoms with van der Waals surface area (Å²) < 4.78 is 0. The molecule has 0 fully saturated rings. The fourth-order valence-electron chi connectivity index (χ4n) is 3.35. The number of hydrogen-bond acceptors (Lipinski definition) is 6. The van der Waals surface area contributed by atoms with Gasteiger partial charge in [0.1, 0.15) is 11.7 Å². The van der Waals surface area contributed by atoms with Crippen LogP contribution in [0.3, 0.4) is 0 Å². The minimum atomic E-state index is -1.32. The van der Waals surface area contributed by atoms with Crippen LogP contribution < -0.4 is 21.7 Å². The third-order valence-electron chi connectivity index (χ3n) is 4.98. The number of aromatic nitrogens is 2. The number of carbonyl (C=O) groups is 4. The highest BCUT2D eigenvalue weighted by Crippen LogP contribution is 2.22. The average Bonchev–Trinajstić information content (AvgIpc) is 2.82. The van der Waals surface area contributed by atoms with E-state index in [9.17, 15) is 19.2 Å². The lowest BCUT2D eigenvalue weighted by Crippen LogP contribution is -2.49. The van der Waals surface area contributed by atoms with Gasteiger partial charge in [-0.1, -0.05) is 36.9 Å². The van der Waals surface area contributed by atoms with Gasteiger partial charge in [-0.25, -0.2) is 4.98 Å². The summed E-state index contributed by atoms with van der Waals surface area (Å²) in [5.41, 5.74) is 8.19. The number of carbonyl (C=O) groups excluding carboxylic acids is 4. The molecule has 0 radical (unpaired) electrons. The Kier molecular flexibility index (Phi) is 7.64. The molecule has 1 aromatic heterocycles. The topological polar surface area (TPSA) is 156 Å². The molecule has 170 valence electrons. The molecule has 0 bridgehead atoms. The van der Waals surface area contributed by atoms with Gasteiger partial charge < -0.3 is 21.7 Å². The van der Waals surface area contributed by atoms with Gasteiger partial charge >= 0.3 is 0 Å². The quantitative estimate of drug-likeness (QED) is 0.406. The highest BCUT2D eigenvalue weighted by atomic mass is 16.2. The second-order valence-corrected chi connectivity index (χ2v) is 7.36. The summed E-state index contributed by atoms with van der Waals surface area (Å²) in [4.78, 5) is 56.4. The number of fused-ring (bicyclic) bond motifs is 1. The molecule has 0 spiro atoms. The molecule has 3 rings (SSSR count). The minimum Gasteiger partial charge on any atom is -0.370 e. The summed E-state index contributed by atoms with van der Waals surface area (Å²) in [6.45, 7) is 3.85. The first-order chi connectivity index (χ1) is 15.8. The average molecular weight is 448 g/mol. The number of nitrogens with two attached hydrogens (primary N) is 1. The summed E-state index contributed by atoms with van der Waals surface area (Å²) in [7, 11) is 0. The van der Waals surface area contributed by atoms with Crippen molar-refractivity contribution in [2.45, 2.75) is 31.8 Å². The Balaban J connectivity index is 1.59. The monoisotopic (exact) mass is 448 g/mol. The van der Waals surface area contributed by atoms with Crippen LogP contribution in [-0.2, 0) is 27.3 Å². The van der Waals surface area contributed by atoms with Crippen LogP contribution in [-0.4, -0.2) is 39.6 Å². The van der Waals surface area contributed by atoms with Gasteiger partial charge in [-0.3, -0.25) is 24.2 Å². The second-order valence-electron chi connectivity index (χ2n) is 7.36. The number of nitrogens with zero attached hydrogens (tertiary/aromatic N) is 2. The first-order valence-electron chi connectivity index (χ1n) is 10.3. The molecule has 0 saturated heterocycles. The molecule has 1 aliphatic carbocycles. The number of amides is 4. The second kappa shape index (κ2) is 10.8. The normalized spacial score (nSPS) is 12.7. The van der Waals surface area contributed by atoms with Crippen molar-refractivity contribution in [1.29, 1.82) is 0 Å². The lowest BCUT2D eigenvalue weighted by molar-refractivity contribution is -0.127. The molecule has 5 N–H and O–H groups in total. The zero-order valence-corrected chi connectivity index (χ0v) is 17.8. The first-order valence-corrected chi connectivity index (χ1v) is 10.3. The predicted molar refractivity (Wildman–Crippen MR) is 120 cm³/mol. The third-order valence-corrected chi connectivity index (χ3v) is 4.98. The molecule has 10 nitrogen and oxygen atoms in total. The van der Waals surface area contributed by atoms with Crippen molar-refractivity contribution < 1.29 is 19.2 Å². The van der Waals surface area contributed by atoms with Crippen LogP contribution in [0.5, 0.6) is 0 Å². The molecule has 1 heterocycles. The fraction of sp³-hybridized carbons (Fsp3) is 0.217. The van der Waals surface area contributed by atoms with E-state index in [2.05, 4.69) is 44.6 Å². The molecule has 1 aromatic carbocycles. The summed E-state index contributed by atoms with van der Waals surface area (Å²) >= 11 is 0. The Morgan fingerprint density at radius 2 is 2.00 bits per heavy atom. The fourth-order valence-corrected chi connectivity index (χ4v) is 3.35. The summed E-state index contributed by atoms with van der Waals surface area (Å²) in [6, 6.07) is 4.55. The largest absolute Gasteiger partial charge is 0.370 e. The highest BCUT2D eigenvalue weighted by Gasteiger charge is 2.25. The van der Waals surface area contributed by atoms with E-state index in [0.29, 0.717) is 0 Å². The van der Waals surface area contributed by atoms with Gasteiger partial charge in [-0.2, -0.15) is 0 Å². The van der Waals surface area contributed by atoms with E-state index in [1.54, 1.807) is 0 Å². The van der Waals surface area contributed by atoms with Crippen LogP contribution in [0.1, 0.15) is 40.0 Å². The number of rotatable bonds is 9. The first kappa shape index (κ1) is 23.3. The van der Waals surface area contributed by atoms with Crippen molar-refractivity contribution in [3.63, 3.8) is 0 Å². The zero-order valence-electron chi connectivity index (χ0n) is 17.8. The van der Waals surface area contributed by atoms with Crippen LogP contribution in [0, 0.1) is 0 Å². The third kappa shape index (κ3) is 6.33. The van der Waals surface area contributed by atoms with E-state index < -0.39 is 36.1 Å². The van der Waals surface area contributed by atoms with E-state index >= 15 is 0 Å². The minimum absolute atomic E-state index is 0.0441. The molecule has 0 unspecified atom stereocenters. The van der Waals surface area contributed by atoms with Gasteiger partial charge in [-0.05, 0) is 29.5 Å². The van der Waals surface area contributed by atoms with Gasteiger partial charge in [0.15, 0.2) is 0 Å². The number of allylic oxidation sites excluding steroid dienone is 1. The van der Waals surface area contributed by atoms with Crippen molar-refractivity contribution in [1.82, 2.24) is 25.9 Å². The SMILES string of the molecule is C=C(NC(=O)[C@H](CC(N)=O)NC(=O)c1cnccn1)C(=O)NCc1cccc2c1CCC=C2. The molecule has 2 aromatic rings. The van der Waals surface area contributed by atoms with Crippen LogP contribution in [0.25, 0.3) is 6.08 Å². The van der Waals surface area contributed by atoms with Crippen LogP contribution in [0.2, 0.25) is 0 Å². The van der Waals surface area contributed by atoms with E-state index in [1.807, 2.05) is 18.2 Å². The molecule has 1 aliphatic rings. The Labute approximate surface area is 190 Å². The lowest BCUT2D eigenvalue weighted by atomic mass is 9.93. The Morgan fingerprint density at radius 3 is 2.73 bits per heavy atom. The van der Waals surface area contributed by atoms with Gasteiger partial charge in [-0.15, -0.1) is 0 Å². The number of hydrogen-bond donors (Lipinski definition) is 4. The number of benzene rings is 1. The number of nitrogens with one attached hydrogen (secondary N) is 3. The highest BCUT2D eigenvalue weighted by molar-refractivity contribution is 6.01. The van der Waals surface area contributed by atoms with E-state index in [4.69, 9.17) is 5.73 Å². The molecule has 0 aliphatic heterocycles. The van der Waals surface area contributed by atoms with Crippen molar-refractivity contribution in [2.24, 2.45) is 5.73 Å². The Morgan fingerprint density at radius 1 is 1.18 bits per heavy atom. The molecule has 0 saturated carbocycles. The maximum absolute atomic E-state index is 12.6. The maximum atomic E-state index is 12.6. The molecule has 33 heavy (non-hydrogen) atoms. The molecule has 10 heteroatoms. The predicted octanol–water partition coefficient (Wildman–Crippen LogP) is 0.356.